The summed E-state index contributed by atoms with van der Waals surface area (Å²) >= 11 is 0. The maximum absolute atomic E-state index is 10.2. The highest BCUT2D eigenvalue weighted by molar-refractivity contribution is 5.42. The van der Waals surface area contributed by atoms with Gasteiger partial charge in [-0.25, -0.2) is 0 Å². The van der Waals surface area contributed by atoms with Gasteiger partial charge in [-0.3, -0.25) is 0 Å². The van der Waals surface area contributed by atoms with Crippen LogP contribution in [-0.2, 0) is 5.41 Å². The van der Waals surface area contributed by atoms with Gasteiger partial charge >= 0.3 is 0 Å². The Morgan fingerprint density at radius 3 is 1.05 bits per heavy atom. The topological polar surface area (TPSA) is 77.4 Å². The minimum Gasteiger partial charge on any atom is -0.491 e. The average Bonchev–Trinajstić information content (AvgIpc) is 2.98. The molecule has 0 aromatic heterocycles. The molecular weight excluding hydrogens is 492 g/mol. The van der Waals surface area contributed by atoms with Crippen LogP contribution in [0.2, 0.25) is 0 Å². The molecule has 6 nitrogen and oxygen atoms in total. The molecule has 0 aliphatic heterocycles. The normalized spacial score (nSPS) is 12.8. The van der Waals surface area contributed by atoms with E-state index < -0.39 is 12.2 Å². The van der Waals surface area contributed by atoms with Gasteiger partial charge in [0.05, 0.1) is 0 Å². The van der Waals surface area contributed by atoms with Crippen molar-refractivity contribution in [1.29, 1.82) is 0 Å². The Hall–Kier alpha value is -4.00. The SMILES string of the molecule is CC(C)(c1ccc(OC[C@H](O)COc2ccccc2)cc1)c1ccc(OC[C@H](O)COc2ccccc2)cc1. The smallest absolute Gasteiger partial charge is 0.122 e. The fourth-order valence-corrected chi connectivity index (χ4v) is 4.00. The number of aliphatic hydroxyl groups excluding tert-OH is 2. The molecule has 0 fully saturated rings. The Labute approximate surface area is 230 Å². The summed E-state index contributed by atoms with van der Waals surface area (Å²) in [6.45, 7) is 4.93. The van der Waals surface area contributed by atoms with E-state index in [4.69, 9.17) is 18.9 Å². The van der Waals surface area contributed by atoms with Crippen LogP contribution in [0.15, 0.2) is 109 Å². The Kier molecular flexibility index (Phi) is 9.84. The van der Waals surface area contributed by atoms with Crippen LogP contribution < -0.4 is 18.9 Å². The first-order chi connectivity index (χ1) is 18.9. The molecule has 0 aliphatic rings. The van der Waals surface area contributed by atoms with E-state index in [1.54, 1.807) is 0 Å². The predicted octanol–water partition coefficient (Wildman–Crippen LogP) is 5.65. The van der Waals surface area contributed by atoms with Gasteiger partial charge in [0.15, 0.2) is 0 Å². The summed E-state index contributed by atoms with van der Waals surface area (Å²) in [7, 11) is 0. The van der Waals surface area contributed by atoms with Crippen LogP contribution in [0.3, 0.4) is 0 Å². The van der Waals surface area contributed by atoms with Crippen LogP contribution in [0, 0.1) is 0 Å². The molecule has 4 aromatic rings. The molecule has 0 aliphatic carbocycles. The van der Waals surface area contributed by atoms with Crippen LogP contribution in [-0.4, -0.2) is 48.8 Å². The third kappa shape index (κ3) is 8.50. The summed E-state index contributed by atoms with van der Waals surface area (Å²) in [4.78, 5) is 0. The van der Waals surface area contributed by atoms with Crippen LogP contribution in [0.1, 0.15) is 25.0 Å². The van der Waals surface area contributed by atoms with Crippen molar-refractivity contribution >= 4 is 0 Å². The van der Waals surface area contributed by atoms with E-state index in [9.17, 15) is 10.2 Å². The summed E-state index contributed by atoms with van der Waals surface area (Å²) in [5.41, 5.74) is 2.01. The lowest BCUT2D eigenvalue weighted by molar-refractivity contribution is 0.0626. The van der Waals surface area contributed by atoms with Crippen LogP contribution >= 0.6 is 0 Å². The molecular formula is C33H36O6. The second-order valence-electron chi connectivity index (χ2n) is 9.85. The zero-order valence-corrected chi connectivity index (χ0v) is 22.4. The number of aliphatic hydroxyl groups is 2. The quantitative estimate of drug-likeness (QED) is 0.220. The summed E-state index contributed by atoms with van der Waals surface area (Å²) in [5, 5.41) is 20.4. The molecule has 0 radical (unpaired) electrons. The van der Waals surface area contributed by atoms with Crippen LogP contribution in [0.4, 0.5) is 0 Å². The molecule has 4 aromatic carbocycles. The van der Waals surface area contributed by atoms with Gasteiger partial charge in [0.1, 0.15) is 61.6 Å². The van der Waals surface area contributed by atoms with E-state index in [0.717, 1.165) is 11.1 Å². The van der Waals surface area contributed by atoms with Crippen molar-refractivity contribution in [2.75, 3.05) is 26.4 Å². The van der Waals surface area contributed by atoms with Crippen molar-refractivity contribution in [1.82, 2.24) is 0 Å². The van der Waals surface area contributed by atoms with Gasteiger partial charge in [-0.05, 0) is 59.7 Å². The summed E-state index contributed by atoms with van der Waals surface area (Å²) in [6.07, 6.45) is -1.47. The predicted molar refractivity (Wildman–Crippen MR) is 152 cm³/mol. The van der Waals surface area contributed by atoms with Crippen molar-refractivity contribution in [2.24, 2.45) is 0 Å². The van der Waals surface area contributed by atoms with E-state index >= 15 is 0 Å². The van der Waals surface area contributed by atoms with E-state index in [1.165, 1.54) is 0 Å². The molecule has 2 atom stereocenters. The molecule has 6 heteroatoms. The van der Waals surface area contributed by atoms with Crippen molar-refractivity contribution in [3.8, 4) is 23.0 Å². The third-order valence-corrected chi connectivity index (χ3v) is 6.41. The molecule has 204 valence electrons. The second kappa shape index (κ2) is 13.7. The Morgan fingerprint density at radius 2 is 0.744 bits per heavy atom. The lowest BCUT2D eigenvalue weighted by Gasteiger charge is -2.26. The molecule has 39 heavy (non-hydrogen) atoms. The largest absolute Gasteiger partial charge is 0.491 e. The van der Waals surface area contributed by atoms with E-state index in [0.29, 0.717) is 23.0 Å². The highest BCUT2D eigenvalue weighted by Crippen LogP contribution is 2.33. The van der Waals surface area contributed by atoms with Crippen molar-refractivity contribution in [3.63, 3.8) is 0 Å². The van der Waals surface area contributed by atoms with Gasteiger partial charge in [0, 0.05) is 5.41 Å². The molecule has 0 unspecified atom stereocenters. The maximum atomic E-state index is 10.2. The number of para-hydroxylation sites is 2. The number of hydrogen-bond donors (Lipinski definition) is 2. The minimum atomic E-state index is -0.737. The lowest BCUT2D eigenvalue weighted by atomic mass is 9.78. The van der Waals surface area contributed by atoms with Crippen LogP contribution in [0.25, 0.3) is 0 Å². The first-order valence-corrected chi connectivity index (χ1v) is 13.1. The Morgan fingerprint density at radius 1 is 0.462 bits per heavy atom. The second-order valence-corrected chi connectivity index (χ2v) is 9.85. The van der Waals surface area contributed by atoms with Gasteiger partial charge < -0.3 is 29.2 Å². The zero-order valence-electron chi connectivity index (χ0n) is 22.4. The molecule has 0 bridgehead atoms. The molecule has 2 N–H and O–H groups in total. The van der Waals surface area contributed by atoms with Gasteiger partial charge in [-0.15, -0.1) is 0 Å². The molecule has 0 heterocycles. The van der Waals surface area contributed by atoms with Crippen LogP contribution in [0.5, 0.6) is 23.0 Å². The highest BCUT2D eigenvalue weighted by Gasteiger charge is 2.23. The Bertz CT molecular complexity index is 1140. The monoisotopic (exact) mass is 528 g/mol. The number of rotatable bonds is 14. The zero-order chi connectivity index (χ0) is 27.5. The first-order valence-electron chi connectivity index (χ1n) is 13.1. The number of hydrogen-bond acceptors (Lipinski definition) is 6. The molecule has 0 spiro atoms. The van der Waals surface area contributed by atoms with Gasteiger partial charge in [-0.1, -0.05) is 74.5 Å². The van der Waals surface area contributed by atoms with E-state index in [-0.39, 0.29) is 31.8 Å². The van der Waals surface area contributed by atoms with Crippen molar-refractivity contribution < 1.29 is 29.2 Å². The fraction of sp³-hybridized carbons (Fsp3) is 0.273. The number of benzene rings is 4. The third-order valence-electron chi connectivity index (χ3n) is 6.41. The fourth-order valence-electron chi connectivity index (χ4n) is 4.00. The molecule has 0 amide bonds. The molecule has 0 saturated carbocycles. The number of ether oxygens (including phenoxy) is 4. The summed E-state index contributed by atoms with van der Waals surface area (Å²) < 4.78 is 22.7. The van der Waals surface area contributed by atoms with E-state index in [1.807, 2.05) is 109 Å². The summed E-state index contributed by atoms with van der Waals surface area (Å²) in [5.74, 6) is 2.81. The standard InChI is InChI=1S/C33H36O6/c1-33(2,25-13-17-31(18-14-25)38-23-27(34)21-36-29-9-5-3-6-10-29)26-15-19-32(20-16-26)39-24-28(35)22-37-30-11-7-4-8-12-30/h3-20,27-28,34-35H,21-24H2,1-2H3/t27-,28-/m1/s1. The van der Waals surface area contributed by atoms with E-state index in [2.05, 4.69) is 13.8 Å². The highest BCUT2D eigenvalue weighted by atomic mass is 16.5. The van der Waals surface area contributed by atoms with Gasteiger partial charge in [-0.2, -0.15) is 0 Å². The summed E-state index contributed by atoms with van der Waals surface area (Å²) in [6, 6.07) is 34.6. The van der Waals surface area contributed by atoms with Gasteiger partial charge in [0.25, 0.3) is 0 Å². The van der Waals surface area contributed by atoms with Crippen molar-refractivity contribution in [3.05, 3.63) is 120 Å². The average molecular weight is 529 g/mol. The minimum absolute atomic E-state index is 0.143. The first kappa shape index (κ1) is 28.0. The Balaban J connectivity index is 1.23. The molecule has 4 rings (SSSR count). The van der Waals surface area contributed by atoms with Crippen molar-refractivity contribution in [2.45, 2.75) is 31.5 Å². The maximum Gasteiger partial charge on any atom is 0.122 e. The lowest BCUT2D eigenvalue weighted by Crippen LogP contribution is -2.25. The van der Waals surface area contributed by atoms with Gasteiger partial charge in [0.2, 0.25) is 0 Å². The molecule has 0 saturated heterocycles.